The van der Waals surface area contributed by atoms with Gasteiger partial charge in [0.2, 0.25) is 0 Å². The van der Waals surface area contributed by atoms with Crippen molar-refractivity contribution in [2.75, 3.05) is 6.54 Å². The predicted molar refractivity (Wildman–Crippen MR) is 54.4 cm³/mol. The van der Waals surface area contributed by atoms with E-state index in [2.05, 4.69) is 15.3 Å². The molecule has 0 aromatic carbocycles. The van der Waals surface area contributed by atoms with Crippen LogP contribution in [-0.4, -0.2) is 16.5 Å². The molecule has 4 heteroatoms. The van der Waals surface area contributed by atoms with Crippen molar-refractivity contribution < 1.29 is 0 Å². The molecule has 1 aliphatic heterocycles. The van der Waals surface area contributed by atoms with Gasteiger partial charge in [-0.1, -0.05) is 13.8 Å². The number of nitrogens with zero attached hydrogens (tertiary/aromatic N) is 1. The lowest BCUT2D eigenvalue weighted by Gasteiger charge is -2.16. The van der Waals surface area contributed by atoms with Crippen molar-refractivity contribution in [1.82, 2.24) is 15.3 Å². The van der Waals surface area contributed by atoms with E-state index >= 15 is 0 Å². The van der Waals surface area contributed by atoms with Crippen LogP contribution in [0.2, 0.25) is 0 Å². The molecule has 14 heavy (non-hydrogen) atoms. The highest BCUT2D eigenvalue weighted by atomic mass is 16.1. The van der Waals surface area contributed by atoms with Crippen LogP contribution in [0.1, 0.15) is 36.8 Å². The molecule has 1 aliphatic rings. The fourth-order valence-corrected chi connectivity index (χ4v) is 1.66. The zero-order chi connectivity index (χ0) is 10.1. The minimum absolute atomic E-state index is 0.0419. The molecule has 2 rings (SSSR count). The molecule has 0 bridgehead atoms. The fraction of sp³-hybridized carbons (Fsp3) is 0.600. The molecule has 2 heterocycles. The maximum Gasteiger partial charge on any atom is 0.254 e. The molecule has 1 aromatic heterocycles. The van der Waals surface area contributed by atoms with Crippen molar-refractivity contribution in [2.45, 2.75) is 32.7 Å². The third-order valence-electron chi connectivity index (χ3n) is 2.51. The van der Waals surface area contributed by atoms with E-state index in [4.69, 9.17) is 0 Å². The third kappa shape index (κ3) is 1.57. The van der Waals surface area contributed by atoms with E-state index in [0.29, 0.717) is 0 Å². The maximum atomic E-state index is 11.7. The highest BCUT2D eigenvalue weighted by molar-refractivity contribution is 5.21. The minimum atomic E-state index is 0.0419. The second-order valence-electron chi connectivity index (χ2n) is 3.96. The molecule has 0 aliphatic carbocycles. The molecule has 76 valence electrons. The summed E-state index contributed by atoms with van der Waals surface area (Å²) in [5, 5.41) is 3.22. The third-order valence-corrected chi connectivity index (χ3v) is 2.51. The first kappa shape index (κ1) is 9.40. The Hall–Kier alpha value is -1.16. The van der Waals surface area contributed by atoms with E-state index in [-0.39, 0.29) is 11.5 Å². The lowest BCUT2D eigenvalue weighted by Crippen LogP contribution is -2.32. The van der Waals surface area contributed by atoms with Gasteiger partial charge in [0.05, 0.1) is 5.69 Å². The summed E-state index contributed by atoms with van der Waals surface area (Å²) < 4.78 is 0. The van der Waals surface area contributed by atoms with Crippen LogP contribution < -0.4 is 10.9 Å². The normalized spacial score (nSPS) is 15.6. The molecule has 0 spiro atoms. The minimum Gasteiger partial charge on any atom is -0.311 e. The first-order valence-corrected chi connectivity index (χ1v) is 5.01. The SMILES string of the molecule is CC(C)c1nc2c(c(=O)[nH]1)CCNC2. The molecule has 0 atom stereocenters. The number of rotatable bonds is 1. The second-order valence-corrected chi connectivity index (χ2v) is 3.96. The number of aromatic amines is 1. The highest BCUT2D eigenvalue weighted by Gasteiger charge is 2.15. The number of H-pyrrole nitrogens is 1. The average molecular weight is 193 g/mol. The first-order valence-electron chi connectivity index (χ1n) is 5.01. The molecule has 0 saturated carbocycles. The molecular weight excluding hydrogens is 178 g/mol. The largest absolute Gasteiger partial charge is 0.311 e. The number of hydrogen-bond donors (Lipinski definition) is 2. The Kier molecular flexibility index (Phi) is 2.37. The summed E-state index contributed by atoms with van der Waals surface area (Å²) in [5.74, 6) is 1.06. The van der Waals surface area contributed by atoms with E-state index in [1.807, 2.05) is 13.8 Å². The molecule has 1 aromatic rings. The van der Waals surface area contributed by atoms with Gasteiger partial charge in [0, 0.05) is 18.0 Å². The van der Waals surface area contributed by atoms with E-state index in [9.17, 15) is 4.79 Å². The zero-order valence-corrected chi connectivity index (χ0v) is 8.55. The Bertz CT molecular complexity index is 395. The molecule has 0 radical (unpaired) electrons. The molecule has 4 nitrogen and oxygen atoms in total. The molecule has 0 saturated heterocycles. The van der Waals surface area contributed by atoms with Gasteiger partial charge in [0.1, 0.15) is 5.82 Å². The number of nitrogens with one attached hydrogen (secondary N) is 2. The van der Waals surface area contributed by atoms with Crippen LogP contribution in [0.4, 0.5) is 0 Å². The van der Waals surface area contributed by atoms with Crippen LogP contribution in [0.25, 0.3) is 0 Å². The molecule has 0 unspecified atom stereocenters. The van der Waals surface area contributed by atoms with Gasteiger partial charge < -0.3 is 10.3 Å². The maximum absolute atomic E-state index is 11.7. The zero-order valence-electron chi connectivity index (χ0n) is 8.55. The van der Waals surface area contributed by atoms with E-state index < -0.39 is 0 Å². The smallest absolute Gasteiger partial charge is 0.254 e. The molecule has 0 amide bonds. The summed E-state index contributed by atoms with van der Waals surface area (Å²) in [6.07, 6.45) is 0.788. The van der Waals surface area contributed by atoms with Gasteiger partial charge in [-0.3, -0.25) is 4.79 Å². The number of fused-ring (bicyclic) bond motifs is 1. The Morgan fingerprint density at radius 2 is 2.21 bits per heavy atom. The second kappa shape index (κ2) is 3.53. The Labute approximate surface area is 82.8 Å². The summed E-state index contributed by atoms with van der Waals surface area (Å²) in [7, 11) is 0. The first-order chi connectivity index (χ1) is 6.68. The fourth-order valence-electron chi connectivity index (χ4n) is 1.66. The van der Waals surface area contributed by atoms with Gasteiger partial charge in [0.25, 0.3) is 5.56 Å². The van der Waals surface area contributed by atoms with Gasteiger partial charge in [-0.15, -0.1) is 0 Å². The lowest BCUT2D eigenvalue weighted by molar-refractivity contribution is 0.604. The van der Waals surface area contributed by atoms with Crippen molar-refractivity contribution in [1.29, 1.82) is 0 Å². The van der Waals surface area contributed by atoms with Crippen molar-refractivity contribution in [3.8, 4) is 0 Å². The summed E-state index contributed by atoms with van der Waals surface area (Å²) in [4.78, 5) is 19.0. The van der Waals surface area contributed by atoms with Crippen LogP contribution >= 0.6 is 0 Å². The van der Waals surface area contributed by atoms with Crippen LogP contribution in [0.3, 0.4) is 0 Å². The summed E-state index contributed by atoms with van der Waals surface area (Å²) in [5.41, 5.74) is 1.82. The quantitative estimate of drug-likeness (QED) is 0.684. The van der Waals surface area contributed by atoms with Gasteiger partial charge >= 0.3 is 0 Å². The molecule has 2 N–H and O–H groups in total. The van der Waals surface area contributed by atoms with Crippen molar-refractivity contribution >= 4 is 0 Å². The summed E-state index contributed by atoms with van der Waals surface area (Å²) in [6.45, 7) is 5.65. The number of hydrogen-bond acceptors (Lipinski definition) is 3. The topological polar surface area (TPSA) is 57.8 Å². The van der Waals surface area contributed by atoms with Gasteiger partial charge in [0.15, 0.2) is 0 Å². The van der Waals surface area contributed by atoms with Crippen LogP contribution in [0.5, 0.6) is 0 Å². The van der Waals surface area contributed by atoms with Gasteiger partial charge in [-0.25, -0.2) is 4.98 Å². The molecular formula is C10H15N3O. The van der Waals surface area contributed by atoms with Gasteiger partial charge in [-0.05, 0) is 13.0 Å². The Morgan fingerprint density at radius 1 is 1.43 bits per heavy atom. The van der Waals surface area contributed by atoms with Crippen molar-refractivity contribution in [2.24, 2.45) is 0 Å². The van der Waals surface area contributed by atoms with Crippen LogP contribution in [0.15, 0.2) is 4.79 Å². The standard InChI is InChI=1S/C10H15N3O/c1-6(2)9-12-8-5-11-4-3-7(8)10(14)13-9/h6,11H,3-5H2,1-2H3,(H,12,13,14). The monoisotopic (exact) mass is 193 g/mol. The van der Waals surface area contributed by atoms with Gasteiger partial charge in [-0.2, -0.15) is 0 Å². The van der Waals surface area contributed by atoms with E-state index in [1.165, 1.54) is 0 Å². The van der Waals surface area contributed by atoms with E-state index in [1.54, 1.807) is 0 Å². The van der Waals surface area contributed by atoms with E-state index in [0.717, 1.165) is 36.6 Å². The summed E-state index contributed by atoms with van der Waals surface area (Å²) in [6, 6.07) is 0. The molecule has 0 fully saturated rings. The van der Waals surface area contributed by atoms with Crippen molar-refractivity contribution in [3.63, 3.8) is 0 Å². The van der Waals surface area contributed by atoms with Crippen LogP contribution in [-0.2, 0) is 13.0 Å². The lowest BCUT2D eigenvalue weighted by atomic mass is 10.1. The van der Waals surface area contributed by atoms with Crippen molar-refractivity contribution in [3.05, 3.63) is 27.4 Å². The highest BCUT2D eigenvalue weighted by Crippen LogP contribution is 2.11. The number of aromatic nitrogens is 2. The summed E-state index contributed by atoms with van der Waals surface area (Å²) >= 11 is 0. The Balaban J connectivity index is 2.52. The van der Waals surface area contributed by atoms with Crippen LogP contribution in [0, 0.1) is 0 Å². The predicted octanol–water partition coefficient (Wildman–Crippen LogP) is 0.539. The average Bonchev–Trinajstić information content (AvgIpc) is 2.17. The Morgan fingerprint density at radius 3 is 2.93 bits per heavy atom.